The Labute approximate surface area is 193 Å². The number of rotatable bonds is 4. The zero-order valence-corrected chi connectivity index (χ0v) is 18.2. The third kappa shape index (κ3) is 4.39. The maximum absolute atomic E-state index is 14.4. The molecule has 1 fully saturated rings. The highest BCUT2D eigenvalue weighted by atomic mass is 19.1. The zero-order chi connectivity index (χ0) is 24.6. The number of nitrogens with one attached hydrogen (secondary N) is 1. The smallest absolute Gasteiger partial charge is 0.274 e. The Balaban J connectivity index is 1.65. The van der Waals surface area contributed by atoms with Crippen LogP contribution in [0.2, 0.25) is 0 Å². The molecule has 5 atom stereocenters. The second-order valence-corrected chi connectivity index (χ2v) is 8.14. The minimum absolute atomic E-state index is 0.241. The molecule has 3 aromatic rings. The van der Waals surface area contributed by atoms with Crippen LogP contribution in [0.25, 0.3) is 11.3 Å². The van der Waals surface area contributed by atoms with Crippen molar-refractivity contribution in [3.05, 3.63) is 77.5 Å². The summed E-state index contributed by atoms with van der Waals surface area (Å²) in [6.45, 7) is 3.32. The summed E-state index contributed by atoms with van der Waals surface area (Å²) in [5, 5.41) is 23.1. The second kappa shape index (κ2) is 9.49. The lowest BCUT2D eigenvalue weighted by Crippen LogP contribution is -2.49. The average molecular weight is 473 g/mol. The Morgan fingerprint density at radius 3 is 2.41 bits per heavy atom. The second-order valence-electron chi connectivity index (χ2n) is 8.14. The Bertz CT molecular complexity index is 1210. The van der Waals surface area contributed by atoms with Gasteiger partial charge in [0.25, 0.3) is 5.91 Å². The minimum Gasteiger partial charge on any atom is -0.390 e. The Morgan fingerprint density at radius 2 is 1.71 bits per heavy atom. The first-order chi connectivity index (χ1) is 16.2. The van der Waals surface area contributed by atoms with Gasteiger partial charge in [0.15, 0.2) is 0 Å². The Kier molecular flexibility index (Phi) is 6.65. The number of carbonyl (C=O) groups excluding carboxylic acids is 1. The number of aromatic nitrogens is 2. The van der Waals surface area contributed by atoms with Crippen molar-refractivity contribution in [2.75, 3.05) is 5.32 Å². The van der Waals surface area contributed by atoms with Gasteiger partial charge in [-0.3, -0.25) is 9.78 Å². The van der Waals surface area contributed by atoms with Crippen molar-refractivity contribution in [2.24, 2.45) is 5.92 Å². The van der Waals surface area contributed by atoms with E-state index in [0.717, 1.165) is 30.3 Å². The lowest BCUT2D eigenvalue weighted by molar-refractivity contribution is -0.192. The first kappa shape index (κ1) is 23.8. The largest absolute Gasteiger partial charge is 0.390 e. The number of benzene rings is 1. The van der Waals surface area contributed by atoms with E-state index in [9.17, 15) is 28.2 Å². The third-order valence-electron chi connectivity index (χ3n) is 5.90. The van der Waals surface area contributed by atoms with Gasteiger partial charge in [-0.15, -0.1) is 0 Å². The number of halogens is 3. The fourth-order valence-electron chi connectivity index (χ4n) is 3.97. The summed E-state index contributed by atoms with van der Waals surface area (Å²) in [6, 6.07) is 6.66. The topological polar surface area (TPSA) is 105 Å². The molecule has 10 heteroatoms. The van der Waals surface area contributed by atoms with Crippen molar-refractivity contribution in [1.29, 1.82) is 0 Å². The predicted molar refractivity (Wildman–Crippen MR) is 116 cm³/mol. The number of amides is 1. The van der Waals surface area contributed by atoms with Crippen LogP contribution in [-0.4, -0.2) is 44.4 Å². The van der Waals surface area contributed by atoms with E-state index in [-0.39, 0.29) is 11.4 Å². The van der Waals surface area contributed by atoms with Crippen LogP contribution in [0.5, 0.6) is 0 Å². The molecular weight excluding hydrogens is 451 g/mol. The molecule has 0 radical (unpaired) electrons. The minimum atomic E-state index is -1.06. The zero-order valence-electron chi connectivity index (χ0n) is 18.2. The lowest BCUT2D eigenvalue weighted by Gasteiger charge is -2.41. The highest BCUT2D eigenvalue weighted by Crippen LogP contribution is 2.39. The molecule has 34 heavy (non-hydrogen) atoms. The maximum Gasteiger partial charge on any atom is 0.274 e. The highest BCUT2D eigenvalue weighted by Gasteiger charge is 2.41. The van der Waals surface area contributed by atoms with Crippen LogP contribution in [-0.2, 0) is 4.74 Å². The summed E-state index contributed by atoms with van der Waals surface area (Å²) in [5.41, 5.74) is -0.858. The van der Waals surface area contributed by atoms with Crippen molar-refractivity contribution < 1.29 is 32.9 Å². The molecule has 3 N–H and O–H groups in total. The van der Waals surface area contributed by atoms with E-state index < -0.39 is 64.9 Å². The molecule has 3 heterocycles. The molecule has 7 nitrogen and oxygen atoms in total. The van der Waals surface area contributed by atoms with Gasteiger partial charge in [0.05, 0.1) is 35.8 Å². The molecule has 1 aromatic carbocycles. The summed E-state index contributed by atoms with van der Waals surface area (Å²) in [6.07, 6.45) is -0.597. The van der Waals surface area contributed by atoms with E-state index in [0.29, 0.717) is 5.56 Å². The summed E-state index contributed by atoms with van der Waals surface area (Å²) in [4.78, 5) is 20.8. The molecule has 0 saturated carbocycles. The van der Waals surface area contributed by atoms with Gasteiger partial charge >= 0.3 is 0 Å². The van der Waals surface area contributed by atoms with Crippen molar-refractivity contribution in [3.63, 3.8) is 0 Å². The average Bonchev–Trinajstić information content (AvgIpc) is 2.81. The standard InChI is InChI=1S/C24H22F3N3O4/c1-11-21(31)22(32)12(2)34-23(11)13-8-9-28-10-18(13)30-24(33)17-7-6-16(27)20(29-17)19-14(25)4-3-5-15(19)26/h3-12,21-23,31-32H,1-2H3,(H,30,33)/t11-,12+,21+,22-,23+/m0/s1. The van der Waals surface area contributed by atoms with Crippen molar-refractivity contribution in [2.45, 2.75) is 38.3 Å². The number of hydrogen-bond donors (Lipinski definition) is 3. The molecule has 0 unspecified atom stereocenters. The molecule has 1 amide bonds. The van der Waals surface area contributed by atoms with E-state index in [1.54, 1.807) is 19.9 Å². The number of aliphatic hydroxyl groups is 2. The maximum atomic E-state index is 14.4. The van der Waals surface area contributed by atoms with Gasteiger partial charge in [-0.1, -0.05) is 13.0 Å². The van der Waals surface area contributed by atoms with Crippen molar-refractivity contribution in [3.8, 4) is 11.3 Å². The number of anilines is 1. The number of aliphatic hydroxyl groups excluding tert-OH is 2. The normalized spacial score (nSPS) is 24.6. The monoisotopic (exact) mass is 473 g/mol. The van der Waals surface area contributed by atoms with Gasteiger partial charge in [0.2, 0.25) is 0 Å². The van der Waals surface area contributed by atoms with Crippen LogP contribution in [0.1, 0.15) is 36.0 Å². The molecule has 1 saturated heterocycles. The lowest BCUT2D eigenvalue weighted by atomic mass is 9.85. The summed E-state index contributed by atoms with van der Waals surface area (Å²) >= 11 is 0. The van der Waals surface area contributed by atoms with Crippen LogP contribution in [0.3, 0.4) is 0 Å². The van der Waals surface area contributed by atoms with E-state index in [4.69, 9.17) is 4.74 Å². The molecule has 178 valence electrons. The van der Waals surface area contributed by atoms with Gasteiger partial charge in [-0.05, 0) is 37.3 Å². The quantitative estimate of drug-likeness (QED) is 0.535. The molecule has 0 bridgehead atoms. The van der Waals surface area contributed by atoms with E-state index in [2.05, 4.69) is 15.3 Å². The summed E-state index contributed by atoms with van der Waals surface area (Å²) < 4.78 is 48.6. The Morgan fingerprint density at radius 1 is 1.00 bits per heavy atom. The molecule has 0 spiro atoms. The predicted octanol–water partition coefficient (Wildman–Crippen LogP) is 3.63. The van der Waals surface area contributed by atoms with Crippen molar-refractivity contribution >= 4 is 11.6 Å². The first-order valence-electron chi connectivity index (χ1n) is 10.6. The van der Waals surface area contributed by atoms with Gasteiger partial charge in [-0.25, -0.2) is 18.2 Å². The number of carbonyl (C=O) groups is 1. The van der Waals surface area contributed by atoms with Gasteiger partial charge in [0.1, 0.15) is 34.9 Å². The van der Waals surface area contributed by atoms with E-state index >= 15 is 0 Å². The van der Waals surface area contributed by atoms with Gasteiger partial charge < -0.3 is 20.3 Å². The molecule has 1 aliphatic heterocycles. The van der Waals surface area contributed by atoms with Crippen LogP contribution in [0.4, 0.5) is 18.9 Å². The molecule has 2 aromatic heterocycles. The highest BCUT2D eigenvalue weighted by molar-refractivity contribution is 6.03. The number of nitrogens with zero attached hydrogens (tertiary/aromatic N) is 2. The fraction of sp³-hybridized carbons (Fsp3) is 0.292. The van der Waals surface area contributed by atoms with E-state index in [1.165, 1.54) is 12.4 Å². The number of pyridine rings is 2. The molecule has 4 rings (SSSR count). The third-order valence-corrected chi connectivity index (χ3v) is 5.90. The Hall–Kier alpha value is -3.34. The van der Waals surface area contributed by atoms with Gasteiger partial charge in [0, 0.05) is 17.7 Å². The molecular formula is C24H22F3N3O4. The van der Waals surface area contributed by atoms with Crippen molar-refractivity contribution in [1.82, 2.24) is 9.97 Å². The van der Waals surface area contributed by atoms with Crippen LogP contribution < -0.4 is 5.32 Å². The van der Waals surface area contributed by atoms with Crippen LogP contribution in [0.15, 0.2) is 48.8 Å². The van der Waals surface area contributed by atoms with Gasteiger partial charge in [-0.2, -0.15) is 0 Å². The van der Waals surface area contributed by atoms with Crippen LogP contribution >= 0.6 is 0 Å². The molecule has 0 aliphatic carbocycles. The fourth-order valence-corrected chi connectivity index (χ4v) is 3.97. The van der Waals surface area contributed by atoms with E-state index in [1.807, 2.05) is 0 Å². The van der Waals surface area contributed by atoms with Crippen LogP contribution in [0, 0.1) is 23.4 Å². The summed E-state index contributed by atoms with van der Waals surface area (Å²) in [5.74, 6) is -4.31. The number of hydrogen-bond acceptors (Lipinski definition) is 6. The first-order valence-corrected chi connectivity index (χ1v) is 10.6. The number of ether oxygens (including phenoxy) is 1. The molecule has 1 aliphatic rings. The SMILES string of the molecule is C[C@H]1[C@@H](O)[C@@H](O)[C@@H](C)O[C@H]1c1ccncc1NC(=O)c1ccc(F)c(-c2c(F)cccc2F)n1. The summed E-state index contributed by atoms with van der Waals surface area (Å²) in [7, 11) is 0.